The zero-order chi connectivity index (χ0) is 10.7. The Hall–Kier alpha value is -1.88. The first kappa shape index (κ1) is 9.67. The fraction of sp³-hybridized carbons (Fsp3) is 0. The molecule has 0 saturated heterocycles. The molecule has 0 saturated carbocycles. The molecule has 2 rings (SSSR count). The number of anilines is 3. The molecule has 1 aromatic heterocycles. The summed E-state index contributed by atoms with van der Waals surface area (Å²) in [6.07, 6.45) is 0.711. The van der Waals surface area contributed by atoms with Crippen molar-refractivity contribution in [2.75, 3.05) is 11.1 Å². The number of nitrogens with one attached hydrogen (secondary N) is 1. The summed E-state index contributed by atoms with van der Waals surface area (Å²) in [5.74, 6) is 0.272. The summed E-state index contributed by atoms with van der Waals surface area (Å²) in [4.78, 5) is 15.0. The Kier molecular flexibility index (Phi) is 2.64. The van der Waals surface area contributed by atoms with E-state index in [1.54, 1.807) is 0 Å². The van der Waals surface area contributed by atoms with E-state index in [2.05, 4.69) is 10.3 Å². The third-order valence-corrected chi connectivity index (χ3v) is 2.73. The maximum atomic E-state index is 10.6. The Morgan fingerprint density at radius 3 is 2.67 bits per heavy atom. The molecule has 3 N–H and O–H groups in total. The quantitative estimate of drug-likeness (QED) is 0.777. The first-order chi connectivity index (χ1) is 7.29. The summed E-state index contributed by atoms with van der Waals surface area (Å²) in [6.45, 7) is 0. The number of benzene rings is 1. The van der Waals surface area contributed by atoms with Crippen molar-refractivity contribution in [1.82, 2.24) is 4.98 Å². The monoisotopic (exact) mass is 219 g/mol. The van der Waals surface area contributed by atoms with Crippen molar-refractivity contribution in [1.29, 1.82) is 0 Å². The standard InChI is InChI=1S/C10H9N3OS/c11-9-8(6-14)15-10(13-9)12-7-4-2-1-3-5-7/h1-6H,11H2,(H,12,13). The number of rotatable bonds is 3. The molecule has 0 fully saturated rings. The van der Waals surface area contributed by atoms with Gasteiger partial charge in [-0.3, -0.25) is 4.79 Å². The number of thiazole rings is 1. The molecule has 0 aliphatic heterocycles. The lowest BCUT2D eigenvalue weighted by Crippen LogP contribution is -1.91. The van der Waals surface area contributed by atoms with Gasteiger partial charge in [0.25, 0.3) is 0 Å². The Morgan fingerprint density at radius 2 is 2.07 bits per heavy atom. The highest BCUT2D eigenvalue weighted by Crippen LogP contribution is 2.25. The number of nitrogen functional groups attached to an aromatic ring is 1. The van der Waals surface area contributed by atoms with Gasteiger partial charge in [-0.2, -0.15) is 0 Å². The van der Waals surface area contributed by atoms with E-state index in [9.17, 15) is 4.79 Å². The van der Waals surface area contributed by atoms with Gasteiger partial charge in [-0.25, -0.2) is 4.98 Å². The zero-order valence-corrected chi connectivity index (χ0v) is 8.62. The maximum absolute atomic E-state index is 10.6. The van der Waals surface area contributed by atoms with Crippen LogP contribution in [0.5, 0.6) is 0 Å². The van der Waals surface area contributed by atoms with Gasteiger partial charge in [-0.05, 0) is 12.1 Å². The predicted molar refractivity (Wildman–Crippen MR) is 61.6 cm³/mol. The van der Waals surface area contributed by atoms with Crippen LogP contribution in [0.4, 0.5) is 16.6 Å². The van der Waals surface area contributed by atoms with Gasteiger partial charge in [0, 0.05) is 5.69 Å². The van der Waals surface area contributed by atoms with E-state index in [-0.39, 0.29) is 5.82 Å². The summed E-state index contributed by atoms with van der Waals surface area (Å²) >= 11 is 1.24. The van der Waals surface area contributed by atoms with Gasteiger partial charge < -0.3 is 11.1 Å². The van der Waals surface area contributed by atoms with Crippen LogP contribution in [-0.4, -0.2) is 11.3 Å². The molecule has 0 atom stereocenters. The molecule has 0 aliphatic carbocycles. The van der Waals surface area contributed by atoms with Crippen LogP contribution in [0.25, 0.3) is 0 Å². The lowest BCUT2D eigenvalue weighted by molar-refractivity contribution is 0.112. The zero-order valence-electron chi connectivity index (χ0n) is 7.81. The number of aldehydes is 1. The minimum atomic E-state index is 0.272. The molecule has 0 radical (unpaired) electrons. The molecule has 0 unspecified atom stereocenters. The second kappa shape index (κ2) is 4.10. The van der Waals surface area contributed by atoms with Crippen LogP contribution in [0.1, 0.15) is 9.67 Å². The first-order valence-electron chi connectivity index (χ1n) is 4.33. The highest BCUT2D eigenvalue weighted by atomic mass is 32.1. The average Bonchev–Trinajstić information content (AvgIpc) is 2.60. The average molecular weight is 219 g/mol. The van der Waals surface area contributed by atoms with Gasteiger partial charge in [0.1, 0.15) is 10.7 Å². The minimum absolute atomic E-state index is 0.272. The van der Waals surface area contributed by atoms with Crippen LogP contribution in [0.15, 0.2) is 30.3 Å². The molecule has 0 amide bonds. The number of para-hydroxylation sites is 1. The van der Waals surface area contributed by atoms with Crippen LogP contribution < -0.4 is 11.1 Å². The van der Waals surface area contributed by atoms with Crippen molar-refractivity contribution in [3.63, 3.8) is 0 Å². The van der Waals surface area contributed by atoms with Crippen molar-refractivity contribution in [2.45, 2.75) is 0 Å². The summed E-state index contributed by atoms with van der Waals surface area (Å²) in [5.41, 5.74) is 6.45. The topological polar surface area (TPSA) is 68.0 Å². The lowest BCUT2D eigenvalue weighted by atomic mass is 10.3. The Bertz CT molecular complexity index is 467. The van der Waals surface area contributed by atoms with E-state index in [1.165, 1.54) is 11.3 Å². The predicted octanol–water partition coefficient (Wildman–Crippen LogP) is 2.28. The van der Waals surface area contributed by atoms with Crippen molar-refractivity contribution >= 4 is 34.3 Å². The molecule has 15 heavy (non-hydrogen) atoms. The molecule has 1 heterocycles. The van der Waals surface area contributed by atoms with E-state index in [0.717, 1.165) is 5.69 Å². The summed E-state index contributed by atoms with van der Waals surface area (Å²) in [6, 6.07) is 9.59. The van der Waals surface area contributed by atoms with Crippen molar-refractivity contribution in [2.24, 2.45) is 0 Å². The van der Waals surface area contributed by atoms with Gasteiger partial charge in [-0.1, -0.05) is 29.5 Å². The highest BCUT2D eigenvalue weighted by Gasteiger charge is 2.06. The Morgan fingerprint density at radius 1 is 1.33 bits per heavy atom. The lowest BCUT2D eigenvalue weighted by Gasteiger charge is -1.99. The number of nitrogens with two attached hydrogens (primary N) is 1. The minimum Gasteiger partial charge on any atom is -0.382 e. The van der Waals surface area contributed by atoms with E-state index in [1.807, 2.05) is 30.3 Å². The van der Waals surface area contributed by atoms with E-state index >= 15 is 0 Å². The first-order valence-corrected chi connectivity index (χ1v) is 5.15. The van der Waals surface area contributed by atoms with Crippen LogP contribution in [0, 0.1) is 0 Å². The fourth-order valence-electron chi connectivity index (χ4n) is 1.13. The second-order valence-electron chi connectivity index (χ2n) is 2.88. The Balaban J connectivity index is 2.21. The van der Waals surface area contributed by atoms with Gasteiger partial charge in [0.15, 0.2) is 11.4 Å². The van der Waals surface area contributed by atoms with E-state index < -0.39 is 0 Å². The summed E-state index contributed by atoms with van der Waals surface area (Å²) in [5, 5.41) is 3.69. The molecule has 76 valence electrons. The molecule has 1 aromatic carbocycles. The van der Waals surface area contributed by atoms with Crippen LogP contribution in [0.2, 0.25) is 0 Å². The number of carbonyl (C=O) groups is 1. The molecular formula is C10H9N3OS. The van der Waals surface area contributed by atoms with Gasteiger partial charge >= 0.3 is 0 Å². The molecular weight excluding hydrogens is 210 g/mol. The molecule has 5 heteroatoms. The van der Waals surface area contributed by atoms with Gasteiger partial charge in [-0.15, -0.1) is 0 Å². The molecule has 0 spiro atoms. The van der Waals surface area contributed by atoms with E-state index in [0.29, 0.717) is 16.3 Å². The van der Waals surface area contributed by atoms with Gasteiger partial charge in [0.2, 0.25) is 0 Å². The molecule has 4 nitrogen and oxygen atoms in total. The Labute approximate surface area is 90.8 Å². The fourth-order valence-corrected chi connectivity index (χ4v) is 1.85. The smallest absolute Gasteiger partial charge is 0.189 e. The SMILES string of the molecule is Nc1nc(Nc2ccccc2)sc1C=O. The van der Waals surface area contributed by atoms with Crippen molar-refractivity contribution in [3.8, 4) is 0 Å². The number of aromatic nitrogens is 1. The third-order valence-electron chi connectivity index (χ3n) is 1.81. The van der Waals surface area contributed by atoms with E-state index in [4.69, 9.17) is 5.73 Å². The normalized spacial score (nSPS) is 9.87. The molecule has 0 bridgehead atoms. The van der Waals surface area contributed by atoms with Crippen LogP contribution in [-0.2, 0) is 0 Å². The van der Waals surface area contributed by atoms with Crippen molar-refractivity contribution < 1.29 is 4.79 Å². The molecule has 2 aromatic rings. The third kappa shape index (κ3) is 2.13. The molecule has 0 aliphatic rings. The van der Waals surface area contributed by atoms with Gasteiger partial charge in [0.05, 0.1) is 0 Å². The number of hydrogen-bond acceptors (Lipinski definition) is 5. The van der Waals surface area contributed by atoms with Crippen LogP contribution in [0.3, 0.4) is 0 Å². The second-order valence-corrected chi connectivity index (χ2v) is 3.91. The summed E-state index contributed by atoms with van der Waals surface area (Å²) < 4.78 is 0. The largest absolute Gasteiger partial charge is 0.382 e. The van der Waals surface area contributed by atoms with Crippen molar-refractivity contribution in [3.05, 3.63) is 35.2 Å². The number of hydrogen-bond donors (Lipinski definition) is 2. The summed E-state index contributed by atoms with van der Waals surface area (Å²) in [7, 11) is 0. The highest BCUT2D eigenvalue weighted by molar-refractivity contribution is 7.17. The number of carbonyl (C=O) groups excluding carboxylic acids is 1. The maximum Gasteiger partial charge on any atom is 0.189 e. The number of nitrogens with zero attached hydrogens (tertiary/aromatic N) is 1. The van der Waals surface area contributed by atoms with Crippen LogP contribution >= 0.6 is 11.3 Å².